The highest BCUT2D eigenvalue weighted by atomic mass is 19.2. The maximum Gasteiger partial charge on any atom is 0.186 e. The van der Waals surface area contributed by atoms with Crippen molar-refractivity contribution >= 4 is 5.57 Å². The van der Waals surface area contributed by atoms with Crippen molar-refractivity contribution in [2.45, 2.75) is 109 Å². The third-order valence-corrected chi connectivity index (χ3v) is 7.09. The lowest BCUT2D eigenvalue weighted by molar-refractivity contribution is -0.0534. The van der Waals surface area contributed by atoms with E-state index in [1.807, 2.05) is 81.4 Å². The fourth-order valence-electron chi connectivity index (χ4n) is 5.02. The largest absolute Gasteiger partial charge is 0.479 e. The normalized spacial score (nSPS) is 16.7. The van der Waals surface area contributed by atoms with E-state index in [1.165, 1.54) is 16.8 Å². The molecule has 2 aliphatic heterocycles. The lowest BCUT2D eigenvalue weighted by atomic mass is 9.77. The molecule has 3 nitrogen and oxygen atoms in total. The van der Waals surface area contributed by atoms with Crippen LogP contribution in [0.1, 0.15) is 112 Å². The predicted molar refractivity (Wildman–Crippen MR) is 192 cm³/mol. The van der Waals surface area contributed by atoms with Crippen LogP contribution in [0.5, 0.6) is 0 Å². The minimum absolute atomic E-state index is 0.0252. The zero-order valence-electron chi connectivity index (χ0n) is 30.2. The molecule has 250 valence electrons. The van der Waals surface area contributed by atoms with Crippen LogP contribution < -0.4 is 0 Å². The lowest BCUT2D eigenvalue weighted by Crippen LogP contribution is -2.51. The zero-order valence-corrected chi connectivity index (χ0v) is 30.2. The third-order valence-electron chi connectivity index (χ3n) is 7.09. The molecule has 2 saturated heterocycles. The van der Waals surface area contributed by atoms with E-state index in [0.717, 1.165) is 63.5 Å². The molecule has 2 fully saturated rings. The molecule has 0 aromatic heterocycles. The van der Waals surface area contributed by atoms with E-state index < -0.39 is 5.83 Å². The molecular weight excluding hydrogens is 550 g/mol. The van der Waals surface area contributed by atoms with Crippen molar-refractivity contribution in [2.24, 2.45) is 5.41 Å². The van der Waals surface area contributed by atoms with Crippen LogP contribution in [0.25, 0.3) is 5.57 Å². The smallest absolute Gasteiger partial charge is 0.186 e. The molecule has 0 saturated carbocycles. The van der Waals surface area contributed by atoms with E-state index in [4.69, 9.17) is 4.74 Å². The minimum atomic E-state index is -0.856. The van der Waals surface area contributed by atoms with E-state index >= 15 is 0 Å². The first-order valence-electron chi connectivity index (χ1n) is 16.6. The Balaban J connectivity index is 0. The lowest BCUT2D eigenvalue weighted by Gasteiger charge is -2.48. The molecule has 1 spiro atoms. The second-order valence-corrected chi connectivity index (χ2v) is 10.6. The quantitative estimate of drug-likeness (QED) is 0.224. The standard InChI is InChI=1S/C29H38F2N2O.C4H8.3C2H6/c1-6-9-10-27(28(31)18-30)26-12-11-24(17-22(26)4)19-32-15-13-29(14-16-32)20-33(23(5)34-21-29)25(7-2)8-3;1-4(2)3;3*1-2/h6-7,9-12,17-18H,5,8,13-16,19-21H2,1-4H3;1H2,2-3H3;3*1-2H3/b9-6-,25-7+,27-10-,28-18-;;;;. The van der Waals surface area contributed by atoms with Gasteiger partial charge in [-0.05, 0) is 90.2 Å². The Bertz CT molecular complexity index is 1090. The van der Waals surface area contributed by atoms with Crippen molar-refractivity contribution < 1.29 is 13.5 Å². The summed E-state index contributed by atoms with van der Waals surface area (Å²) in [6, 6.07) is 6.01. The highest BCUT2D eigenvalue weighted by Crippen LogP contribution is 2.40. The number of nitrogens with zero attached hydrogens (tertiary/aromatic N) is 2. The molecule has 0 radical (unpaired) electrons. The molecule has 44 heavy (non-hydrogen) atoms. The van der Waals surface area contributed by atoms with Gasteiger partial charge in [-0.1, -0.05) is 96.5 Å². The van der Waals surface area contributed by atoms with Crippen molar-refractivity contribution in [3.8, 4) is 0 Å². The van der Waals surface area contributed by atoms with Gasteiger partial charge in [0.15, 0.2) is 11.7 Å². The Kier molecular flexibility index (Phi) is 24.0. The first-order valence-corrected chi connectivity index (χ1v) is 16.6. The van der Waals surface area contributed by atoms with Gasteiger partial charge in [-0.25, -0.2) is 8.78 Å². The van der Waals surface area contributed by atoms with Crippen LogP contribution in [0.15, 0.2) is 85.0 Å². The summed E-state index contributed by atoms with van der Waals surface area (Å²) in [6.45, 7) is 36.2. The van der Waals surface area contributed by atoms with Gasteiger partial charge in [-0.2, -0.15) is 0 Å². The monoisotopic (exact) mass is 614 g/mol. The molecule has 2 aliphatic rings. The molecule has 1 aromatic carbocycles. The van der Waals surface area contributed by atoms with Crippen LogP contribution in [0.3, 0.4) is 0 Å². The summed E-state index contributed by atoms with van der Waals surface area (Å²) in [5.41, 5.74) is 5.69. The molecule has 0 amide bonds. The van der Waals surface area contributed by atoms with Crippen LogP contribution in [0.2, 0.25) is 0 Å². The molecular formula is C39H64F2N2O. The zero-order chi connectivity index (χ0) is 34.3. The number of likely N-dealkylation sites (tertiary alicyclic amines) is 1. The molecule has 0 unspecified atom stereocenters. The summed E-state index contributed by atoms with van der Waals surface area (Å²) >= 11 is 0. The number of piperidine rings is 1. The molecule has 0 aliphatic carbocycles. The average Bonchev–Trinajstić information content (AvgIpc) is 3.04. The Hall–Kier alpha value is -2.92. The van der Waals surface area contributed by atoms with Gasteiger partial charge >= 0.3 is 0 Å². The second-order valence-electron chi connectivity index (χ2n) is 10.6. The van der Waals surface area contributed by atoms with Gasteiger partial charge in [0.25, 0.3) is 0 Å². The Labute approximate surface area is 270 Å². The van der Waals surface area contributed by atoms with Gasteiger partial charge < -0.3 is 9.64 Å². The first kappa shape index (κ1) is 43.2. The molecule has 2 heterocycles. The Morgan fingerprint density at radius 3 is 2.07 bits per heavy atom. The summed E-state index contributed by atoms with van der Waals surface area (Å²) < 4.78 is 33.1. The first-order chi connectivity index (χ1) is 21.1. The predicted octanol–water partition coefficient (Wildman–Crippen LogP) is 12.1. The molecule has 5 heteroatoms. The van der Waals surface area contributed by atoms with E-state index in [0.29, 0.717) is 5.56 Å². The minimum Gasteiger partial charge on any atom is -0.479 e. The number of hydrogen-bond acceptors (Lipinski definition) is 3. The topological polar surface area (TPSA) is 15.7 Å². The fraction of sp³-hybridized carbons (Fsp3) is 0.538. The van der Waals surface area contributed by atoms with Crippen LogP contribution in [0, 0.1) is 12.3 Å². The van der Waals surface area contributed by atoms with E-state index in [-0.39, 0.29) is 17.3 Å². The van der Waals surface area contributed by atoms with Gasteiger partial charge in [0.1, 0.15) is 6.33 Å². The van der Waals surface area contributed by atoms with E-state index in [9.17, 15) is 8.78 Å². The number of benzene rings is 1. The van der Waals surface area contributed by atoms with Crippen molar-refractivity contribution in [3.05, 3.63) is 102 Å². The van der Waals surface area contributed by atoms with Crippen molar-refractivity contribution in [1.82, 2.24) is 9.80 Å². The maximum absolute atomic E-state index is 14.1. The number of ether oxygens (including phenoxy) is 1. The highest BCUT2D eigenvalue weighted by molar-refractivity contribution is 5.79. The number of hydrogen-bond donors (Lipinski definition) is 0. The van der Waals surface area contributed by atoms with Crippen LogP contribution in [-0.2, 0) is 11.3 Å². The van der Waals surface area contributed by atoms with Crippen LogP contribution >= 0.6 is 0 Å². The van der Waals surface area contributed by atoms with Crippen molar-refractivity contribution in [1.29, 1.82) is 0 Å². The Morgan fingerprint density at radius 2 is 1.61 bits per heavy atom. The third kappa shape index (κ3) is 14.2. The highest BCUT2D eigenvalue weighted by Gasteiger charge is 2.41. The van der Waals surface area contributed by atoms with Gasteiger partial charge in [0.05, 0.1) is 6.61 Å². The van der Waals surface area contributed by atoms with Gasteiger partial charge in [-0.3, -0.25) is 4.90 Å². The number of allylic oxidation sites excluding steroid dienone is 8. The van der Waals surface area contributed by atoms with Crippen LogP contribution in [-0.4, -0.2) is 36.0 Å². The maximum atomic E-state index is 14.1. The van der Waals surface area contributed by atoms with Gasteiger partial charge in [-0.15, -0.1) is 6.58 Å². The van der Waals surface area contributed by atoms with E-state index in [2.05, 4.69) is 48.9 Å². The molecule has 0 atom stereocenters. The van der Waals surface area contributed by atoms with Gasteiger partial charge in [0, 0.05) is 29.8 Å². The van der Waals surface area contributed by atoms with Crippen LogP contribution in [0.4, 0.5) is 8.78 Å². The van der Waals surface area contributed by atoms with Gasteiger partial charge in [0.2, 0.25) is 0 Å². The molecule has 0 bridgehead atoms. The number of aryl methyl sites for hydroxylation is 1. The SMILES string of the molecule is C=C(C)C.C=C1OCC2(CCN(Cc3ccc(C(=C/C=C\C)/C(F)=C/F)c(C)c3)CC2)CN1/C(=C/C)CC.CC.CC.CC. The van der Waals surface area contributed by atoms with E-state index in [1.54, 1.807) is 18.2 Å². The average molecular weight is 615 g/mol. The summed E-state index contributed by atoms with van der Waals surface area (Å²) in [6.07, 6.45) is 10.4. The number of rotatable bonds is 7. The fourth-order valence-corrected chi connectivity index (χ4v) is 5.02. The summed E-state index contributed by atoms with van der Waals surface area (Å²) in [7, 11) is 0. The Morgan fingerprint density at radius 1 is 1.05 bits per heavy atom. The molecule has 1 aromatic rings. The molecule has 3 rings (SSSR count). The second kappa shape index (κ2) is 24.4. The van der Waals surface area contributed by atoms with Crippen molar-refractivity contribution in [3.63, 3.8) is 0 Å². The van der Waals surface area contributed by atoms with Crippen molar-refractivity contribution in [2.75, 3.05) is 26.2 Å². The summed E-state index contributed by atoms with van der Waals surface area (Å²) in [5, 5.41) is 0. The summed E-state index contributed by atoms with van der Waals surface area (Å²) in [5.74, 6) is -0.0914. The molecule has 0 N–H and O–H groups in total. The number of halogens is 2. The summed E-state index contributed by atoms with van der Waals surface area (Å²) in [4.78, 5) is 4.73.